The molecule has 6 rings (SSSR count). The van der Waals surface area contributed by atoms with Crippen LogP contribution < -0.4 is 10.6 Å². The van der Waals surface area contributed by atoms with Gasteiger partial charge in [-0.15, -0.1) is 0 Å². The van der Waals surface area contributed by atoms with Gasteiger partial charge in [0.1, 0.15) is 11.3 Å². The van der Waals surface area contributed by atoms with Gasteiger partial charge >= 0.3 is 0 Å². The van der Waals surface area contributed by atoms with E-state index in [1.807, 2.05) is 28.9 Å². The number of nitrogens with two attached hydrogens (primary N) is 1. The molecule has 0 radical (unpaired) electrons. The minimum Gasteiger partial charge on any atom is -0.376 e. The van der Waals surface area contributed by atoms with Gasteiger partial charge in [0.2, 0.25) is 5.95 Å². The van der Waals surface area contributed by atoms with Gasteiger partial charge in [0.05, 0.1) is 17.6 Å². The number of fused-ring (bicyclic) bond motifs is 2. The third-order valence-corrected chi connectivity index (χ3v) is 8.25. The molecular formula is C24H25FN6OS. The molecule has 1 spiro atoms. The number of benzene rings is 1. The van der Waals surface area contributed by atoms with E-state index in [0.29, 0.717) is 5.52 Å². The quantitative estimate of drug-likeness (QED) is 0.492. The lowest BCUT2D eigenvalue weighted by Crippen LogP contribution is -2.51. The van der Waals surface area contributed by atoms with Crippen molar-refractivity contribution < 1.29 is 9.13 Å². The lowest BCUT2D eigenvalue weighted by atomic mass is 9.73. The van der Waals surface area contributed by atoms with Gasteiger partial charge in [0.25, 0.3) is 0 Å². The number of imidazole rings is 1. The molecule has 0 amide bonds. The van der Waals surface area contributed by atoms with Crippen molar-refractivity contribution in [3.8, 4) is 0 Å². The molecule has 0 aliphatic carbocycles. The first-order valence-corrected chi connectivity index (χ1v) is 12.0. The van der Waals surface area contributed by atoms with Crippen molar-refractivity contribution in [1.82, 2.24) is 19.4 Å². The van der Waals surface area contributed by atoms with E-state index in [9.17, 15) is 4.39 Å². The third-order valence-electron chi connectivity index (χ3n) is 7.16. The molecule has 2 atom stereocenters. The van der Waals surface area contributed by atoms with Crippen LogP contribution >= 0.6 is 11.8 Å². The van der Waals surface area contributed by atoms with Gasteiger partial charge in [0.15, 0.2) is 5.65 Å². The van der Waals surface area contributed by atoms with Crippen molar-refractivity contribution in [3.63, 3.8) is 0 Å². The van der Waals surface area contributed by atoms with E-state index < -0.39 is 0 Å². The summed E-state index contributed by atoms with van der Waals surface area (Å²) in [5, 5.41) is 0.780. The number of nitrogens with zero attached hydrogens (tertiary/aromatic N) is 5. The molecule has 9 heteroatoms. The van der Waals surface area contributed by atoms with Gasteiger partial charge in [0, 0.05) is 59.6 Å². The van der Waals surface area contributed by atoms with Crippen molar-refractivity contribution in [2.24, 2.45) is 11.1 Å². The Bertz CT molecular complexity index is 1340. The van der Waals surface area contributed by atoms with E-state index in [1.54, 1.807) is 18.5 Å². The van der Waals surface area contributed by atoms with Crippen LogP contribution in [0, 0.1) is 11.2 Å². The normalized spacial score (nSPS) is 22.6. The first-order chi connectivity index (χ1) is 16.1. The maximum Gasteiger partial charge on any atom is 0.211 e. The maximum atomic E-state index is 14.2. The van der Waals surface area contributed by atoms with E-state index in [4.69, 9.17) is 15.5 Å². The number of para-hydroxylation sites is 1. The molecule has 7 nitrogen and oxygen atoms in total. The molecule has 33 heavy (non-hydrogen) atoms. The Hall–Kier alpha value is -2.75. The molecule has 4 aromatic rings. The topological polar surface area (TPSA) is 81.6 Å². The zero-order valence-electron chi connectivity index (χ0n) is 18.3. The number of aromatic nitrogens is 4. The molecule has 1 aromatic carbocycles. The fraction of sp³-hybridized carbons (Fsp3) is 0.375. The fourth-order valence-electron chi connectivity index (χ4n) is 5.14. The molecule has 2 aliphatic rings. The van der Waals surface area contributed by atoms with E-state index in [0.717, 1.165) is 59.3 Å². The standard InChI is InChI=1S/C24H25FN6OS/c1-15-21(26)24(14-32-15)6-10-30(11-7-24)23-29-13-19(22-28-9-12-31(22)23)33-18-5-8-27-20-16(18)3-2-4-17(20)25/h2-5,8-9,12-13,15,21H,6-7,10-11,14,26H2,1H3/t15-,21+/m0/s1. The Morgan fingerprint density at radius 1 is 1.12 bits per heavy atom. The number of pyridine rings is 1. The Morgan fingerprint density at radius 2 is 1.97 bits per heavy atom. The van der Waals surface area contributed by atoms with Crippen LogP contribution in [0.25, 0.3) is 16.6 Å². The van der Waals surface area contributed by atoms with E-state index >= 15 is 0 Å². The van der Waals surface area contributed by atoms with Crippen LogP contribution in [0.5, 0.6) is 0 Å². The lowest BCUT2D eigenvalue weighted by molar-refractivity contribution is 0.0973. The number of halogens is 1. The zero-order valence-corrected chi connectivity index (χ0v) is 19.1. The van der Waals surface area contributed by atoms with Crippen LogP contribution in [-0.4, -0.2) is 51.2 Å². The summed E-state index contributed by atoms with van der Waals surface area (Å²) in [7, 11) is 0. The van der Waals surface area contributed by atoms with Gasteiger partial charge in [-0.25, -0.2) is 14.4 Å². The summed E-state index contributed by atoms with van der Waals surface area (Å²) in [6, 6.07) is 7.01. The monoisotopic (exact) mass is 464 g/mol. The summed E-state index contributed by atoms with van der Waals surface area (Å²) >= 11 is 1.53. The van der Waals surface area contributed by atoms with Crippen molar-refractivity contribution in [3.05, 3.63) is 54.9 Å². The number of hydrogen-bond donors (Lipinski definition) is 1. The van der Waals surface area contributed by atoms with Crippen LogP contribution in [0.2, 0.25) is 0 Å². The highest BCUT2D eigenvalue weighted by atomic mass is 32.2. The zero-order chi connectivity index (χ0) is 22.6. The van der Waals surface area contributed by atoms with Crippen molar-refractivity contribution in [1.29, 1.82) is 0 Å². The van der Waals surface area contributed by atoms with E-state index in [-0.39, 0.29) is 23.4 Å². The smallest absolute Gasteiger partial charge is 0.211 e. The highest BCUT2D eigenvalue weighted by Gasteiger charge is 2.47. The second kappa shape index (κ2) is 7.93. The minimum atomic E-state index is -0.320. The van der Waals surface area contributed by atoms with Gasteiger partial charge < -0.3 is 15.4 Å². The second-order valence-electron chi connectivity index (χ2n) is 8.98. The van der Waals surface area contributed by atoms with Crippen LogP contribution in [0.4, 0.5) is 10.3 Å². The van der Waals surface area contributed by atoms with Gasteiger partial charge in [-0.1, -0.05) is 23.9 Å². The Balaban J connectivity index is 1.30. The molecule has 170 valence electrons. The molecule has 2 N–H and O–H groups in total. The van der Waals surface area contributed by atoms with Crippen molar-refractivity contribution in [2.75, 3.05) is 24.6 Å². The fourth-order valence-corrected chi connectivity index (χ4v) is 6.12. The van der Waals surface area contributed by atoms with E-state index in [1.165, 1.54) is 17.8 Å². The third kappa shape index (κ3) is 3.37. The molecule has 2 fully saturated rings. The average molecular weight is 465 g/mol. The SMILES string of the molecule is C[C@@H]1OCC2(CCN(c3ncc(Sc4ccnc5c(F)cccc45)c4nccn34)CC2)[C@@H]1N. The number of piperidine rings is 1. The summed E-state index contributed by atoms with van der Waals surface area (Å²) in [5.74, 6) is 0.562. The number of hydrogen-bond acceptors (Lipinski definition) is 7. The first-order valence-electron chi connectivity index (χ1n) is 11.2. The predicted molar refractivity (Wildman–Crippen MR) is 126 cm³/mol. The molecule has 0 bridgehead atoms. The average Bonchev–Trinajstić information content (AvgIpc) is 3.43. The van der Waals surface area contributed by atoms with Crippen molar-refractivity contribution >= 4 is 34.3 Å². The van der Waals surface area contributed by atoms with Crippen LogP contribution in [0.3, 0.4) is 0 Å². The maximum absolute atomic E-state index is 14.2. The van der Waals surface area contributed by atoms with Crippen LogP contribution in [0.15, 0.2) is 58.8 Å². The van der Waals surface area contributed by atoms with Gasteiger partial charge in [-0.05, 0) is 31.9 Å². The minimum absolute atomic E-state index is 0.0669. The Kier molecular flexibility index (Phi) is 5.01. The van der Waals surface area contributed by atoms with Crippen LogP contribution in [-0.2, 0) is 4.74 Å². The molecule has 5 heterocycles. The number of rotatable bonds is 3. The summed E-state index contributed by atoms with van der Waals surface area (Å²) in [5.41, 5.74) is 7.76. The Morgan fingerprint density at radius 3 is 2.76 bits per heavy atom. The molecule has 0 saturated carbocycles. The second-order valence-corrected chi connectivity index (χ2v) is 10.1. The number of anilines is 1. The largest absolute Gasteiger partial charge is 0.376 e. The highest BCUT2D eigenvalue weighted by molar-refractivity contribution is 7.99. The summed E-state index contributed by atoms with van der Waals surface area (Å²) in [6.45, 7) is 4.57. The summed E-state index contributed by atoms with van der Waals surface area (Å²) in [4.78, 5) is 17.8. The first kappa shape index (κ1) is 20.8. The molecule has 0 unspecified atom stereocenters. The summed E-state index contributed by atoms with van der Waals surface area (Å²) in [6.07, 6.45) is 9.34. The highest BCUT2D eigenvalue weighted by Crippen LogP contribution is 2.42. The van der Waals surface area contributed by atoms with E-state index in [2.05, 4.69) is 21.8 Å². The molecular weight excluding hydrogens is 439 g/mol. The summed E-state index contributed by atoms with van der Waals surface area (Å²) < 4.78 is 22.1. The van der Waals surface area contributed by atoms with Crippen LogP contribution in [0.1, 0.15) is 19.8 Å². The van der Waals surface area contributed by atoms with Gasteiger partial charge in [-0.2, -0.15) is 0 Å². The lowest BCUT2D eigenvalue weighted by Gasteiger charge is -2.41. The molecule has 2 saturated heterocycles. The Labute approximate surface area is 195 Å². The molecule has 3 aromatic heterocycles. The van der Waals surface area contributed by atoms with Gasteiger partial charge in [-0.3, -0.25) is 9.38 Å². The number of ether oxygens (including phenoxy) is 1. The predicted octanol–water partition coefficient (Wildman–Crippen LogP) is 3.90. The van der Waals surface area contributed by atoms with Crippen molar-refractivity contribution in [2.45, 2.75) is 41.7 Å². The molecule has 2 aliphatic heterocycles.